The van der Waals surface area contributed by atoms with Crippen LogP contribution in [0.15, 0.2) is 4.52 Å². The average Bonchev–Trinajstić information content (AvgIpc) is 2.60. The Kier molecular flexibility index (Phi) is 4.82. The van der Waals surface area contributed by atoms with E-state index in [0.29, 0.717) is 0 Å². The molecule has 1 rings (SSSR count). The number of aliphatic hydroxyl groups excluding tert-OH is 1. The minimum Gasteiger partial charge on any atom is -0.393 e. The first-order valence-corrected chi connectivity index (χ1v) is 5.81. The molecule has 0 saturated carbocycles. The molecule has 1 aromatic heterocycles. The van der Waals surface area contributed by atoms with Gasteiger partial charge < -0.3 is 9.63 Å². The first kappa shape index (κ1) is 12.2. The number of nitrogens with zero attached hydrogens (tertiary/aromatic N) is 1. The second-order valence-electron chi connectivity index (χ2n) is 3.97. The van der Waals surface area contributed by atoms with Gasteiger partial charge in [-0.15, -0.1) is 0 Å². The summed E-state index contributed by atoms with van der Waals surface area (Å²) in [5, 5.41) is 13.5. The van der Waals surface area contributed by atoms with E-state index in [0.717, 1.165) is 43.6 Å². The molecule has 0 amide bonds. The molecule has 0 bridgehead atoms. The first-order valence-electron chi connectivity index (χ1n) is 5.81. The summed E-state index contributed by atoms with van der Waals surface area (Å²) in [5.74, 6) is 0.929. The van der Waals surface area contributed by atoms with Crippen LogP contribution in [0.5, 0.6) is 0 Å². The molecule has 0 aliphatic heterocycles. The Hall–Kier alpha value is -0.830. The van der Waals surface area contributed by atoms with Crippen LogP contribution >= 0.6 is 0 Å². The average molecular weight is 211 g/mol. The Bertz CT molecular complexity index is 294. The number of aliphatic hydroxyl groups is 1. The van der Waals surface area contributed by atoms with Crippen LogP contribution in [0.1, 0.15) is 50.1 Å². The summed E-state index contributed by atoms with van der Waals surface area (Å²) in [5.41, 5.74) is 2.30. The maximum absolute atomic E-state index is 9.44. The van der Waals surface area contributed by atoms with Crippen molar-refractivity contribution in [2.24, 2.45) is 0 Å². The van der Waals surface area contributed by atoms with Crippen molar-refractivity contribution in [1.29, 1.82) is 0 Å². The summed E-state index contributed by atoms with van der Waals surface area (Å²) in [6.07, 6.45) is 4.44. The second kappa shape index (κ2) is 5.91. The maximum atomic E-state index is 9.44. The normalized spacial score (nSPS) is 13.1. The van der Waals surface area contributed by atoms with E-state index in [2.05, 4.69) is 12.1 Å². The van der Waals surface area contributed by atoms with Crippen molar-refractivity contribution in [3.05, 3.63) is 17.0 Å². The van der Waals surface area contributed by atoms with E-state index in [4.69, 9.17) is 4.52 Å². The summed E-state index contributed by atoms with van der Waals surface area (Å²) in [4.78, 5) is 0. The van der Waals surface area contributed by atoms with Crippen LogP contribution in [0, 0.1) is 6.92 Å². The lowest BCUT2D eigenvalue weighted by atomic mass is 10.0. The van der Waals surface area contributed by atoms with Crippen molar-refractivity contribution >= 4 is 0 Å². The molecule has 3 heteroatoms. The summed E-state index contributed by atoms with van der Waals surface area (Å²) >= 11 is 0. The smallest absolute Gasteiger partial charge is 0.137 e. The van der Waals surface area contributed by atoms with Crippen molar-refractivity contribution in [3.8, 4) is 0 Å². The van der Waals surface area contributed by atoms with Gasteiger partial charge in [-0.25, -0.2) is 0 Å². The van der Waals surface area contributed by atoms with E-state index < -0.39 is 0 Å². The fourth-order valence-corrected chi connectivity index (χ4v) is 1.75. The van der Waals surface area contributed by atoms with Gasteiger partial charge >= 0.3 is 0 Å². The molecule has 3 nitrogen and oxygen atoms in total. The molecule has 1 heterocycles. The molecule has 0 aliphatic carbocycles. The molecular formula is C12H21NO2. The molecule has 0 aromatic carbocycles. The van der Waals surface area contributed by atoms with Gasteiger partial charge in [0.1, 0.15) is 5.76 Å². The van der Waals surface area contributed by atoms with Gasteiger partial charge in [-0.3, -0.25) is 0 Å². The van der Waals surface area contributed by atoms with Crippen LogP contribution in [0.3, 0.4) is 0 Å². The number of hydrogen-bond acceptors (Lipinski definition) is 3. The fourth-order valence-electron chi connectivity index (χ4n) is 1.75. The lowest BCUT2D eigenvalue weighted by Crippen LogP contribution is -2.05. The van der Waals surface area contributed by atoms with Crippen LogP contribution in [0.2, 0.25) is 0 Å². The molecule has 0 fully saturated rings. The van der Waals surface area contributed by atoms with E-state index in [1.165, 1.54) is 5.56 Å². The molecule has 0 unspecified atom stereocenters. The fraction of sp³-hybridized carbons (Fsp3) is 0.750. The summed E-state index contributed by atoms with van der Waals surface area (Å²) in [6, 6.07) is 0. The predicted octanol–water partition coefficient (Wildman–Crippen LogP) is 2.64. The maximum Gasteiger partial charge on any atom is 0.137 e. The molecule has 1 atom stereocenters. The molecule has 1 N–H and O–H groups in total. The minimum atomic E-state index is -0.157. The first-order chi connectivity index (χ1) is 7.19. The molecule has 1 aromatic rings. The van der Waals surface area contributed by atoms with Crippen LogP contribution < -0.4 is 0 Å². The second-order valence-corrected chi connectivity index (χ2v) is 3.97. The van der Waals surface area contributed by atoms with Crippen LogP contribution in [-0.2, 0) is 12.8 Å². The monoisotopic (exact) mass is 211 g/mol. The highest BCUT2D eigenvalue weighted by Gasteiger charge is 2.11. The highest BCUT2D eigenvalue weighted by atomic mass is 16.5. The molecule has 0 spiro atoms. The van der Waals surface area contributed by atoms with Crippen molar-refractivity contribution in [2.45, 2.75) is 59.0 Å². The van der Waals surface area contributed by atoms with E-state index in [1.54, 1.807) is 0 Å². The number of aryl methyl sites for hydroxylation is 2. The summed E-state index contributed by atoms with van der Waals surface area (Å²) < 4.78 is 5.16. The quantitative estimate of drug-likeness (QED) is 0.786. The number of rotatable bonds is 6. The lowest BCUT2D eigenvalue weighted by molar-refractivity contribution is 0.157. The van der Waals surface area contributed by atoms with Gasteiger partial charge in [0.25, 0.3) is 0 Å². The lowest BCUT2D eigenvalue weighted by Gasteiger charge is -2.06. The summed E-state index contributed by atoms with van der Waals surface area (Å²) in [6.45, 7) is 6.05. The Morgan fingerprint density at radius 1 is 1.40 bits per heavy atom. The Morgan fingerprint density at radius 3 is 2.73 bits per heavy atom. The van der Waals surface area contributed by atoms with Gasteiger partial charge in [0.15, 0.2) is 0 Å². The third kappa shape index (κ3) is 3.34. The van der Waals surface area contributed by atoms with Crippen molar-refractivity contribution in [2.75, 3.05) is 0 Å². The highest BCUT2D eigenvalue weighted by molar-refractivity contribution is 5.22. The standard InChI is InChI=1S/C12H21NO2/c1-4-10(14)7-6-8-11-9(3)15-13-12(11)5-2/h10,14H,4-8H2,1-3H3/t10-/m0/s1. The zero-order valence-corrected chi connectivity index (χ0v) is 9.92. The van der Waals surface area contributed by atoms with Gasteiger partial charge in [0.2, 0.25) is 0 Å². The molecule has 15 heavy (non-hydrogen) atoms. The van der Waals surface area contributed by atoms with Gasteiger partial charge in [0.05, 0.1) is 11.8 Å². The highest BCUT2D eigenvalue weighted by Crippen LogP contribution is 2.17. The van der Waals surface area contributed by atoms with Crippen molar-refractivity contribution in [1.82, 2.24) is 5.16 Å². The van der Waals surface area contributed by atoms with Gasteiger partial charge in [-0.2, -0.15) is 0 Å². The zero-order chi connectivity index (χ0) is 11.3. The number of aromatic nitrogens is 1. The Labute approximate surface area is 91.5 Å². The summed E-state index contributed by atoms with van der Waals surface area (Å²) in [7, 11) is 0. The van der Waals surface area contributed by atoms with Gasteiger partial charge in [-0.05, 0) is 39.0 Å². The van der Waals surface area contributed by atoms with Crippen molar-refractivity contribution in [3.63, 3.8) is 0 Å². The third-order valence-electron chi connectivity index (χ3n) is 2.84. The van der Waals surface area contributed by atoms with E-state index in [9.17, 15) is 5.11 Å². The van der Waals surface area contributed by atoms with E-state index in [-0.39, 0.29) is 6.10 Å². The van der Waals surface area contributed by atoms with E-state index >= 15 is 0 Å². The molecule has 86 valence electrons. The molecular weight excluding hydrogens is 190 g/mol. The van der Waals surface area contributed by atoms with Crippen LogP contribution in [0.4, 0.5) is 0 Å². The molecule has 0 radical (unpaired) electrons. The van der Waals surface area contributed by atoms with Gasteiger partial charge in [-0.1, -0.05) is 19.0 Å². The van der Waals surface area contributed by atoms with Gasteiger partial charge in [0, 0.05) is 5.56 Å². The van der Waals surface area contributed by atoms with Crippen LogP contribution in [0.25, 0.3) is 0 Å². The largest absolute Gasteiger partial charge is 0.393 e. The Morgan fingerprint density at radius 2 is 2.13 bits per heavy atom. The van der Waals surface area contributed by atoms with Crippen LogP contribution in [-0.4, -0.2) is 16.4 Å². The van der Waals surface area contributed by atoms with Crippen molar-refractivity contribution < 1.29 is 9.63 Å². The minimum absolute atomic E-state index is 0.157. The predicted molar refractivity (Wildman–Crippen MR) is 59.9 cm³/mol. The topological polar surface area (TPSA) is 46.3 Å². The third-order valence-corrected chi connectivity index (χ3v) is 2.84. The molecule has 0 saturated heterocycles. The zero-order valence-electron chi connectivity index (χ0n) is 9.92. The molecule has 0 aliphatic rings. The van der Waals surface area contributed by atoms with E-state index in [1.807, 2.05) is 13.8 Å². The SMILES string of the molecule is CCc1noc(C)c1CCC[C@@H](O)CC. The Balaban J connectivity index is 2.46. The number of hydrogen-bond donors (Lipinski definition) is 1.